The topological polar surface area (TPSA) is 74.9 Å². The van der Waals surface area contributed by atoms with E-state index in [9.17, 15) is 0 Å². The van der Waals surface area contributed by atoms with Crippen molar-refractivity contribution in [2.24, 2.45) is 11.8 Å². The van der Waals surface area contributed by atoms with E-state index in [0.29, 0.717) is 11.2 Å². The number of aromatic nitrogens is 3. The van der Waals surface area contributed by atoms with E-state index in [1.807, 2.05) is 18.3 Å². The predicted octanol–water partition coefficient (Wildman–Crippen LogP) is 8.13. The number of fused-ring (bicyclic) bond motifs is 1. The molecule has 6 nitrogen and oxygen atoms in total. The Morgan fingerprint density at radius 1 is 0.872 bits per heavy atom. The molecule has 3 heterocycles. The molecule has 3 N–H and O–H groups in total. The Morgan fingerprint density at radius 2 is 1.56 bits per heavy atom. The van der Waals surface area contributed by atoms with Gasteiger partial charge >= 0.3 is 0 Å². The Kier molecular flexibility index (Phi) is 8.60. The van der Waals surface area contributed by atoms with Gasteiger partial charge in [0.2, 0.25) is 0 Å². The highest BCUT2D eigenvalue weighted by molar-refractivity contribution is 6.29. The Labute approximate surface area is 238 Å². The van der Waals surface area contributed by atoms with Crippen LogP contribution in [0.15, 0.2) is 30.6 Å². The first-order chi connectivity index (χ1) is 19.1. The van der Waals surface area contributed by atoms with E-state index < -0.39 is 0 Å². The first kappa shape index (κ1) is 26.9. The zero-order valence-corrected chi connectivity index (χ0v) is 24.1. The predicted molar refractivity (Wildman–Crippen MR) is 161 cm³/mol. The second kappa shape index (κ2) is 12.5. The van der Waals surface area contributed by atoms with Gasteiger partial charge < -0.3 is 20.4 Å². The van der Waals surface area contributed by atoms with Crippen LogP contribution in [-0.4, -0.2) is 40.2 Å². The van der Waals surface area contributed by atoms with Crippen LogP contribution >= 0.6 is 11.6 Å². The molecule has 0 bridgehead atoms. The molecular weight excluding hydrogens is 506 g/mol. The van der Waals surface area contributed by atoms with E-state index in [4.69, 9.17) is 16.3 Å². The Balaban J connectivity index is 0.994. The molecule has 0 aliphatic heterocycles. The number of nitrogens with one attached hydrogen (secondary N) is 3. The van der Waals surface area contributed by atoms with Gasteiger partial charge in [-0.25, -0.2) is 9.97 Å². The largest absolute Gasteiger partial charge is 0.495 e. The van der Waals surface area contributed by atoms with Crippen molar-refractivity contribution >= 4 is 28.5 Å². The van der Waals surface area contributed by atoms with E-state index >= 15 is 0 Å². The van der Waals surface area contributed by atoms with Crippen molar-refractivity contribution in [2.45, 2.75) is 108 Å². The zero-order chi connectivity index (χ0) is 26.6. The maximum absolute atomic E-state index is 6.48. The van der Waals surface area contributed by atoms with Gasteiger partial charge in [-0.3, -0.25) is 0 Å². The van der Waals surface area contributed by atoms with Crippen molar-refractivity contribution in [1.29, 1.82) is 0 Å². The van der Waals surface area contributed by atoms with Crippen LogP contribution in [0, 0.1) is 11.8 Å². The van der Waals surface area contributed by atoms with Crippen LogP contribution < -0.4 is 15.4 Å². The second-order valence-corrected chi connectivity index (χ2v) is 12.7. The Hall–Kier alpha value is -2.31. The summed E-state index contributed by atoms with van der Waals surface area (Å²) in [5.41, 5.74) is 2.91. The minimum Gasteiger partial charge on any atom is -0.495 e. The molecule has 0 atom stereocenters. The number of hydrogen-bond donors (Lipinski definition) is 3. The van der Waals surface area contributed by atoms with Gasteiger partial charge in [0.05, 0.1) is 13.3 Å². The molecule has 0 amide bonds. The molecule has 0 aromatic carbocycles. The highest BCUT2D eigenvalue weighted by Crippen LogP contribution is 2.37. The van der Waals surface area contributed by atoms with E-state index in [-0.39, 0.29) is 0 Å². The molecule has 7 heteroatoms. The molecule has 3 aliphatic carbocycles. The summed E-state index contributed by atoms with van der Waals surface area (Å²) in [6.45, 7) is 0. The van der Waals surface area contributed by atoms with Crippen LogP contribution in [0.4, 0.5) is 5.82 Å². The van der Waals surface area contributed by atoms with E-state index in [1.165, 1.54) is 89.9 Å². The van der Waals surface area contributed by atoms with Gasteiger partial charge in [-0.05, 0) is 106 Å². The van der Waals surface area contributed by atoms with Crippen LogP contribution in [-0.2, 0) is 0 Å². The molecule has 3 aliphatic rings. The van der Waals surface area contributed by atoms with Crippen LogP contribution in [0.25, 0.3) is 22.2 Å². The molecule has 0 unspecified atom stereocenters. The summed E-state index contributed by atoms with van der Waals surface area (Å²) < 4.78 is 5.39. The lowest BCUT2D eigenvalue weighted by molar-refractivity contribution is 0.205. The van der Waals surface area contributed by atoms with Crippen LogP contribution in [0.2, 0.25) is 5.15 Å². The lowest BCUT2D eigenvalue weighted by Gasteiger charge is -2.36. The maximum Gasteiger partial charge on any atom is 0.138 e. The third-order valence-corrected chi connectivity index (χ3v) is 9.83. The van der Waals surface area contributed by atoms with Crippen LogP contribution in [0.3, 0.4) is 0 Å². The summed E-state index contributed by atoms with van der Waals surface area (Å²) in [5.74, 6) is 3.41. The SMILES string of the molecule is COc1cnc2[nH]cc(-c3cc(Cl)nc(NC4CCC(CC5CCC(NC6CCCCC6)CC5)CC4)c3)c2c1. The Bertz CT molecular complexity index is 1220. The van der Waals surface area contributed by atoms with Crippen molar-refractivity contribution < 1.29 is 4.74 Å². The number of anilines is 1. The number of pyridine rings is 2. The number of aromatic amines is 1. The molecule has 3 fully saturated rings. The summed E-state index contributed by atoms with van der Waals surface area (Å²) in [4.78, 5) is 12.3. The fraction of sp³-hybridized carbons (Fsp3) is 0.625. The van der Waals surface area contributed by atoms with Gasteiger partial charge in [0.15, 0.2) is 0 Å². The highest BCUT2D eigenvalue weighted by atomic mass is 35.5. The number of rotatable bonds is 8. The molecule has 6 rings (SSSR count). The molecule has 3 saturated carbocycles. The monoisotopic (exact) mass is 549 g/mol. The van der Waals surface area contributed by atoms with Gasteiger partial charge in [-0.15, -0.1) is 0 Å². The smallest absolute Gasteiger partial charge is 0.138 e. The summed E-state index contributed by atoms with van der Waals surface area (Å²) in [7, 11) is 1.66. The number of nitrogens with zero attached hydrogens (tertiary/aromatic N) is 2. The van der Waals surface area contributed by atoms with Crippen molar-refractivity contribution in [3.8, 4) is 16.9 Å². The van der Waals surface area contributed by atoms with E-state index in [1.54, 1.807) is 13.3 Å². The molecule has 0 saturated heterocycles. The third-order valence-electron chi connectivity index (χ3n) is 9.64. The first-order valence-corrected chi connectivity index (χ1v) is 15.7. The standard InChI is InChI=1S/C32H44ClN5O/c1-39-27-18-28-29(20-35-32(28)34-19-27)23-16-30(33)38-31(17-23)37-26-13-9-22(10-14-26)15-21-7-11-25(12-8-21)36-24-5-3-2-4-6-24/h16-22,24-26,36H,2-15H2,1H3,(H,34,35)(H,37,38). The van der Waals surface area contributed by atoms with E-state index in [0.717, 1.165) is 57.6 Å². The van der Waals surface area contributed by atoms with Gasteiger partial charge in [0.25, 0.3) is 0 Å². The highest BCUT2D eigenvalue weighted by Gasteiger charge is 2.28. The van der Waals surface area contributed by atoms with Crippen LogP contribution in [0.1, 0.15) is 89.9 Å². The summed E-state index contributed by atoms with van der Waals surface area (Å²) in [6, 6.07) is 8.08. The van der Waals surface area contributed by atoms with Crippen molar-refractivity contribution in [2.75, 3.05) is 12.4 Å². The van der Waals surface area contributed by atoms with Crippen molar-refractivity contribution in [3.63, 3.8) is 0 Å². The number of H-pyrrole nitrogens is 1. The normalized spacial score (nSPS) is 26.5. The number of ether oxygens (including phenoxy) is 1. The number of methoxy groups -OCH3 is 1. The minimum absolute atomic E-state index is 0.459. The molecule has 0 spiro atoms. The zero-order valence-electron chi connectivity index (χ0n) is 23.4. The maximum atomic E-state index is 6.48. The third kappa shape index (κ3) is 6.71. The van der Waals surface area contributed by atoms with Crippen molar-refractivity contribution in [3.05, 3.63) is 35.7 Å². The molecule has 39 heavy (non-hydrogen) atoms. The fourth-order valence-corrected chi connectivity index (χ4v) is 7.66. The lowest BCUT2D eigenvalue weighted by atomic mass is 9.75. The molecule has 3 aromatic heterocycles. The lowest BCUT2D eigenvalue weighted by Crippen LogP contribution is -2.41. The molecule has 210 valence electrons. The minimum atomic E-state index is 0.459. The fourth-order valence-electron chi connectivity index (χ4n) is 7.45. The average Bonchev–Trinajstić information content (AvgIpc) is 3.39. The Morgan fingerprint density at radius 3 is 2.28 bits per heavy atom. The van der Waals surface area contributed by atoms with Gasteiger partial charge in [-0.2, -0.15) is 0 Å². The van der Waals surface area contributed by atoms with E-state index in [2.05, 4.69) is 31.7 Å². The summed E-state index contributed by atoms with van der Waals surface area (Å²) in [5, 5.41) is 9.23. The quantitative estimate of drug-likeness (QED) is 0.247. The van der Waals surface area contributed by atoms with Crippen LogP contribution in [0.5, 0.6) is 5.75 Å². The molecule has 3 aromatic rings. The molecule has 0 radical (unpaired) electrons. The summed E-state index contributed by atoms with van der Waals surface area (Å²) >= 11 is 6.48. The second-order valence-electron chi connectivity index (χ2n) is 12.4. The van der Waals surface area contributed by atoms with Crippen molar-refractivity contribution in [1.82, 2.24) is 20.3 Å². The molecular formula is C32H44ClN5O. The van der Waals surface area contributed by atoms with Gasteiger partial charge in [0, 0.05) is 35.3 Å². The first-order valence-electron chi connectivity index (χ1n) is 15.3. The van der Waals surface area contributed by atoms with Gasteiger partial charge in [0.1, 0.15) is 22.4 Å². The van der Waals surface area contributed by atoms with Gasteiger partial charge in [-0.1, -0.05) is 30.9 Å². The number of hydrogen-bond acceptors (Lipinski definition) is 5. The average molecular weight is 550 g/mol. The number of halogens is 1. The summed E-state index contributed by atoms with van der Waals surface area (Å²) in [6.07, 6.45) is 22.9.